The molecule has 0 aliphatic heterocycles. The molecule has 0 spiro atoms. The zero-order valence-corrected chi connectivity index (χ0v) is 12.3. The third-order valence-corrected chi connectivity index (χ3v) is 5.18. The molecule has 1 N–H and O–H groups in total. The van der Waals surface area contributed by atoms with Gasteiger partial charge in [0.1, 0.15) is 0 Å². The maximum Gasteiger partial charge on any atom is 0.317 e. The molecule has 2 unspecified atom stereocenters. The highest BCUT2D eigenvalue weighted by Gasteiger charge is 2.42. The van der Waals surface area contributed by atoms with Crippen LogP contribution in [0.1, 0.15) is 40.0 Å². The molecule has 0 bridgehead atoms. The number of carboxylic acid groups (broad SMARTS) is 1. The molecule has 6 heteroatoms. The van der Waals surface area contributed by atoms with Crippen molar-refractivity contribution in [1.82, 2.24) is 4.90 Å². The second-order valence-electron chi connectivity index (χ2n) is 6.06. The molecule has 1 fully saturated rings. The normalized spacial score (nSPS) is 25.6. The zero-order valence-electron chi connectivity index (χ0n) is 11.5. The van der Waals surface area contributed by atoms with Gasteiger partial charge in [0.05, 0.1) is 11.8 Å². The number of carbonyl (C=O) groups is 1. The van der Waals surface area contributed by atoms with E-state index in [2.05, 4.69) is 0 Å². The summed E-state index contributed by atoms with van der Waals surface area (Å²) in [6, 6.07) is -0.184. The van der Waals surface area contributed by atoms with Gasteiger partial charge in [-0.3, -0.25) is 9.69 Å². The van der Waals surface area contributed by atoms with Crippen LogP contribution in [-0.4, -0.2) is 54.0 Å². The van der Waals surface area contributed by atoms with Gasteiger partial charge in [-0.1, -0.05) is 6.42 Å². The summed E-state index contributed by atoms with van der Waals surface area (Å²) >= 11 is 0. The van der Waals surface area contributed by atoms with Crippen molar-refractivity contribution in [2.24, 2.45) is 0 Å². The molecule has 1 rings (SSSR count). The maximum absolute atomic E-state index is 11.8. The Labute approximate surface area is 109 Å². The van der Waals surface area contributed by atoms with E-state index < -0.39 is 21.1 Å². The van der Waals surface area contributed by atoms with E-state index in [0.717, 1.165) is 12.8 Å². The second-order valence-corrected chi connectivity index (χ2v) is 8.32. The lowest BCUT2D eigenvalue weighted by atomic mass is 10.0. The highest BCUT2D eigenvalue weighted by molar-refractivity contribution is 7.91. The molecule has 1 aliphatic rings. The average Bonchev–Trinajstić information content (AvgIpc) is 2.58. The largest absolute Gasteiger partial charge is 0.480 e. The monoisotopic (exact) mass is 277 g/mol. The molecule has 1 saturated carbocycles. The Morgan fingerprint density at radius 1 is 1.33 bits per heavy atom. The first-order valence-electron chi connectivity index (χ1n) is 6.21. The van der Waals surface area contributed by atoms with Gasteiger partial charge in [-0.05, 0) is 33.6 Å². The molecule has 2 atom stereocenters. The zero-order chi connectivity index (χ0) is 14.1. The lowest BCUT2D eigenvalue weighted by Crippen LogP contribution is -2.54. The molecule has 18 heavy (non-hydrogen) atoms. The van der Waals surface area contributed by atoms with Gasteiger partial charge in [-0.25, -0.2) is 8.42 Å². The Hall–Kier alpha value is -0.620. The summed E-state index contributed by atoms with van der Waals surface area (Å²) in [5, 5.41) is 8.57. The van der Waals surface area contributed by atoms with Crippen molar-refractivity contribution in [2.75, 3.05) is 12.8 Å². The van der Waals surface area contributed by atoms with E-state index in [1.165, 1.54) is 6.26 Å². The van der Waals surface area contributed by atoms with E-state index >= 15 is 0 Å². The van der Waals surface area contributed by atoms with E-state index in [4.69, 9.17) is 5.11 Å². The summed E-state index contributed by atoms with van der Waals surface area (Å²) in [5.74, 6) is -0.913. The van der Waals surface area contributed by atoms with Crippen LogP contribution >= 0.6 is 0 Å². The molecule has 0 aromatic carbocycles. The highest BCUT2D eigenvalue weighted by atomic mass is 32.2. The van der Waals surface area contributed by atoms with Crippen LogP contribution in [0.25, 0.3) is 0 Å². The first-order valence-corrected chi connectivity index (χ1v) is 8.16. The summed E-state index contributed by atoms with van der Waals surface area (Å²) < 4.78 is 23.6. The minimum atomic E-state index is -3.13. The summed E-state index contributed by atoms with van der Waals surface area (Å²) in [7, 11) is -3.13. The Kier molecular flexibility index (Phi) is 4.43. The topological polar surface area (TPSA) is 74.7 Å². The van der Waals surface area contributed by atoms with E-state index in [-0.39, 0.29) is 18.1 Å². The summed E-state index contributed by atoms with van der Waals surface area (Å²) in [4.78, 5) is 12.8. The summed E-state index contributed by atoms with van der Waals surface area (Å²) in [5.41, 5.74) is -0.351. The van der Waals surface area contributed by atoms with Gasteiger partial charge in [-0.15, -0.1) is 0 Å². The smallest absolute Gasteiger partial charge is 0.317 e. The van der Waals surface area contributed by atoms with Crippen molar-refractivity contribution < 1.29 is 18.3 Å². The molecule has 5 nitrogen and oxygen atoms in total. The van der Waals surface area contributed by atoms with Gasteiger partial charge >= 0.3 is 5.97 Å². The van der Waals surface area contributed by atoms with Crippen molar-refractivity contribution in [3.63, 3.8) is 0 Å². The van der Waals surface area contributed by atoms with Gasteiger partial charge in [-0.2, -0.15) is 0 Å². The fourth-order valence-corrected chi connectivity index (χ4v) is 4.21. The van der Waals surface area contributed by atoms with Crippen LogP contribution in [0.3, 0.4) is 0 Å². The Bertz CT molecular complexity index is 410. The Balaban J connectivity index is 3.02. The second kappa shape index (κ2) is 5.17. The average molecular weight is 277 g/mol. The highest BCUT2D eigenvalue weighted by Crippen LogP contribution is 2.33. The third-order valence-electron chi connectivity index (χ3n) is 3.54. The molecular formula is C12H23NO4S. The van der Waals surface area contributed by atoms with Crippen LogP contribution in [0.4, 0.5) is 0 Å². The van der Waals surface area contributed by atoms with E-state index in [0.29, 0.717) is 6.42 Å². The minimum absolute atomic E-state index is 0.111. The molecule has 106 valence electrons. The molecule has 0 radical (unpaired) electrons. The number of nitrogens with zero attached hydrogens (tertiary/aromatic N) is 1. The van der Waals surface area contributed by atoms with Crippen LogP contribution in [0, 0.1) is 0 Å². The van der Waals surface area contributed by atoms with Crippen LogP contribution < -0.4 is 0 Å². The summed E-state index contributed by atoms with van der Waals surface area (Å²) in [6.45, 7) is 5.66. The fourth-order valence-electron chi connectivity index (χ4n) is 2.76. The van der Waals surface area contributed by atoms with Gasteiger partial charge in [0, 0.05) is 17.8 Å². The van der Waals surface area contributed by atoms with Gasteiger partial charge < -0.3 is 5.11 Å². The lowest BCUT2D eigenvalue weighted by molar-refractivity contribution is -0.140. The first kappa shape index (κ1) is 15.4. The molecule has 1 aliphatic carbocycles. The molecule has 0 aromatic heterocycles. The predicted octanol–water partition coefficient (Wildman–Crippen LogP) is 1.14. The van der Waals surface area contributed by atoms with Crippen LogP contribution in [-0.2, 0) is 14.6 Å². The quantitative estimate of drug-likeness (QED) is 0.834. The van der Waals surface area contributed by atoms with Crippen molar-refractivity contribution in [3.8, 4) is 0 Å². The Morgan fingerprint density at radius 3 is 2.28 bits per heavy atom. The van der Waals surface area contributed by atoms with E-state index in [1.54, 1.807) is 0 Å². The molecule has 0 amide bonds. The molecule has 0 aromatic rings. The lowest BCUT2D eigenvalue weighted by Gasteiger charge is -2.41. The van der Waals surface area contributed by atoms with Gasteiger partial charge in [0.2, 0.25) is 0 Å². The van der Waals surface area contributed by atoms with Crippen molar-refractivity contribution >= 4 is 15.8 Å². The molecule has 0 heterocycles. The number of hydrogen-bond acceptors (Lipinski definition) is 4. The van der Waals surface area contributed by atoms with Gasteiger partial charge in [0.15, 0.2) is 9.84 Å². The fraction of sp³-hybridized carbons (Fsp3) is 0.917. The van der Waals surface area contributed by atoms with Crippen LogP contribution in [0.2, 0.25) is 0 Å². The number of sulfone groups is 1. The number of hydrogen-bond donors (Lipinski definition) is 1. The predicted molar refractivity (Wildman–Crippen MR) is 70.4 cm³/mol. The number of carboxylic acids is 1. The van der Waals surface area contributed by atoms with Crippen molar-refractivity contribution in [1.29, 1.82) is 0 Å². The van der Waals surface area contributed by atoms with Crippen LogP contribution in [0.5, 0.6) is 0 Å². The Morgan fingerprint density at radius 2 is 1.89 bits per heavy atom. The number of aliphatic carboxylic acids is 1. The van der Waals surface area contributed by atoms with Crippen molar-refractivity contribution in [2.45, 2.75) is 56.9 Å². The maximum atomic E-state index is 11.8. The van der Waals surface area contributed by atoms with Gasteiger partial charge in [0.25, 0.3) is 0 Å². The SMILES string of the molecule is CC(C)(C)N(CC(=O)O)C1CCCC1S(C)(=O)=O. The van der Waals surface area contributed by atoms with E-state index in [1.807, 2.05) is 25.7 Å². The molecular weight excluding hydrogens is 254 g/mol. The number of rotatable bonds is 4. The standard InChI is InChI=1S/C12H23NO4S/c1-12(2,3)13(8-11(14)15)9-6-5-7-10(9)18(4,16)17/h9-10H,5-8H2,1-4H3,(H,14,15). The van der Waals surface area contributed by atoms with E-state index in [9.17, 15) is 13.2 Å². The third kappa shape index (κ3) is 3.68. The molecule has 0 saturated heterocycles. The van der Waals surface area contributed by atoms with Crippen LogP contribution in [0.15, 0.2) is 0 Å². The van der Waals surface area contributed by atoms with Crippen molar-refractivity contribution in [3.05, 3.63) is 0 Å². The summed E-state index contributed by atoms with van der Waals surface area (Å²) in [6.07, 6.45) is 3.48. The minimum Gasteiger partial charge on any atom is -0.480 e. The first-order chi connectivity index (χ1) is 8.03.